The molecule has 31 heavy (non-hydrogen) atoms. The van der Waals surface area contributed by atoms with E-state index in [0.717, 1.165) is 54.2 Å². The van der Waals surface area contributed by atoms with Gasteiger partial charge in [-0.3, -0.25) is 4.90 Å². The Balaban J connectivity index is 1.19. The summed E-state index contributed by atoms with van der Waals surface area (Å²) in [4.78, 5) is 2.30. The first-order chi connectivity index (χ1) is 15.1. The molecule has 0 saturated carbocycles. The molecule has 0 aliphatic carbocycles. The minimum atomic E-state index is -0.522. The highest BCUT2D eigenvalue weighted by Crippen LogP contribution is 2.32. The highest BCUT2D eigenvalue weighted by molar-refractivity contribution is 5.72. The molecule has 3 aromatic carbocycles. The van der Waals surface area contributed by atoms with Gasteiger partial charge in [-0.25, -0.2) is 0 Å². The number of aliphatic hydroxyl groups excluding tert-OH is 1. The quantitative estimate of drug-likeness (QED) is 0.619. The predicted molar refractivity (Wildman–Crippen MR) is 125 cm³/mol. The standard InChI is InChI=1S/C27H28N2O2/c1-19-13-24-14-22(9-10-27(24)28-19)21-7-4-8-26(15-21)31-18-25(30)17-29-12-11-20-5-2-3-6-23(20)16-29/h2-10,14-15,25,28,30H,1,11-13,16-18H2. The molecule has 0 saturated heterocycles. The van der Waals surface area contributed by atoms with Gasteiger partial charge in [0.15, 0.2) is 0 Å². The summed E-state index contributed by atoms with van der Waals surface area (Å²) in [5, 5.41) is 13.9. The Labute approximate surface area is 183 Å². The topological polar surface area (TPSA) is 44.7 Å². The second-order valence-corrected chi connectivity index (χ2v) is 8.52. The van der Waals surface area contributed by atoms with Crippen LogP contribution in [0, 0.1) is 0 Å². The van der Waals surface area contributed by atoms with Crippen molar-refractivity contribution in [1.29, 1.82) is 0 Å². The summed E-state index contributed by atoms with van der Waals surface area (Å²) in [6.45, 7) is 6.80. The molecule has 158 valence electrons. The van der Waals surface area contributed by atoms with Crippen LogP contribution >= 0.6 is 0 Å². The van der Waals surface area contributed by atoms with Gasteiger partial charge < -0.3 is 15.2 Å². The van der Waals surface area contributed by atoms with Crippen molar-refractivity contribution in [3.05, 3.63) is 95.7 Å². The van der Waals surface area contributed by atoms with Crippen LogP contribution in [0.5, 0.6) is 5.75 Å². The zero-order valence-electron chi connectivity index (χ0n) is 17.7. The van der Waals surface area contributed by atoms with Crippen LogP contribution in [-0.4, -0.2) is 35.8 Å². The SMILES string of the molecule is C=C1Cc2cc(-c3cccc(OCC(O)CN4CCc5ccccc5C4)c3)ccc2N1. The summed E-state index contributed by atoms with van der Waals surface area (Å²) in [6, 6.07) is 23.1. The van der Waals surface area contributed by atoms with Crippen LogP contribution in [0.25, 0.3) is 11.1 Å². The van der Waals surface area contributed by atoms with Crippen LogP contribution in [0.15, 0.2) is 79.0 Å². The fourth-order valence-electron chi connectivity index (χ4n) is 4.52. The predicted octanol–water partition coefficient (Wildman–Crippen LogP) is 4.63. The van der Waals surface area contributed by atoms with Crippen molar-refractivity contribution >= 4 is 5.69 Å². The van der Waals surface area contributed by atoms with Gasteiger partial charge in [-0.2, -0.15) is 0 Å². The molecule has 0 spiro atoms. The van der Waals surface area contributed by atoms with Gasteiger partial charge in [0, 0.05) is 37.4 Å². The smallest absolute Gasteiger partial charge is 0.120 e. The van der Waals surface area contributed by atoms with Gasteiger partial charge in [-0.15, -0.1) is 0 Å². The number of benzene rings is 3. The molecule has 4 nitrogen and oxygen atoms in total. The molecule has 1 unspecified atom stereocenters. The Morgan fingerprint density at radius 2 is 1.81 bits per heavy atom. The zero-order valence-corrected chi connectivity index (χ0v) is 17.7. The van der Waals surface area contributed by atoms with Crippen molar-refractivity contribution in [2.75, 3.05) is 25.0 Å². The van der Waals surface area contributed by atoms with Crippen LogP contribution in [0.2, 0.25) is 0 Å². The molecule has 5 rings (SSSR count). The van der Waals surface area contributed by atoms with Gasteiger partial charge in [-0.1, -0.05) is 49.0 Å². The van der Waals surface area contributed by atoms with E-state index >= 15 is 0 Å². The Kier molecular flexibility index (Phi) is 5.49. The van der Waals surface area contributed by atoms with Crippen molar-refractivity contribution in [2.45, 2.75) is 25.5 Å². The molecule has 0 amide bonds. The van der Waals surface area contributed by atoms with Crippen LogP contribution in [0.3, 0.4) is 0 Å². The Morgan fingerprint density at radius 3 is 2.71 bits per heavy atom. The largest absolute Gasteiger partial charge is 0.491 e. The summed E-state index contributed by atoms with van der Waals surface area (Å²) < 4.78 is 5.95. The van der Waals surface area contributed by atoms with E-state index in [9.17, 15) is 5.11 Å². The maximum atomic E-state index is 10.5. The van der Waals surface area contributed by atoms with Gasteiger partial charge in [0.05, 0.1) is 0 Å². The third kappa shape index (κ3) is 4.50. The van der Waals surface area contributed by atoms with E-state index in [0.29, 0.717) is 6.54 Å². The number of nitrogens with zero attached hydrogens (tertiary/aromatic N) is 1. The van der Waals surface area contributed by atoms with E-state index in [4.69, 9.17) is 4.74 Å². The van der Waals surface area contributed by atoms with Gasteiger partial charge in [0.1, 0.15) is 18.5 Å². The molecule has 2 heterocycles. The first-order valence-electron chi connectivity index (χ1n) is 10.9. The molecule has 0 radical (unpaired) electrons. The first-order valence-corrected chi connectivity index (χ1v) is 10.9. The van der Waals surface area contributed by atoms with Crippen molar-refractivity contribution in [2.24, 2.45) is 0 Å². The average molecular weight is 413 g/mol. The van der Waals surface area contributed by atoms with E-state index in [1.54, 1.807) is 0 Å². The number of hydrogen-bond acceptors (Lipinski definition) is 4. The van der Waals surface area contributed by atoms with E-state index in [2.05, 4.69) is 65.3 Å². The van der Waals surface area contributed by atoms with Crippen LogP contribution in [0.1, 0.15) is 16.7 Å². The molecule has 2 aliphatic heterocycles. The molecule has 3 aromatic rings. The lowest BCUT2D eigenvalue weighted by Crippen LogP contribution is -2.38. The maximum absolute atomic E-state index is 10.5. The summed E-state index contributed by atoms with van der Waals surface area (Å²) in [7, 11) is 0. The molecular weight excluding hydrogens is 384 g/mol. The number of hydrogen-bond donors (Lipinski definition) is 2. The summed E-state index contributed by atoms with van der Waals surface area (Å²) in [5.74, 6) is 0.781. The molecule has 4 heteroatoms. The summed E-state index contributed by atoms with van der Waals surface area (Å²) >= 11 is 0. The number of fused-ring (bicyclic) bond motifs is 2. The minimum absolute atomic E-state index is 0.287. The first kappa shape index (κ1) is 19.9. The molecule has 0 aromatic heterocycles. The summed E-state index contributed by atoms with van der Waals surface area (Å²) in [6.07, 6.45) is 1.38. The third-order valence-electron chi connectivity index (χ3n) is 6.11. The number of anilines is 1. The number of ether oxygens (including phenoxy) is 1. The number of nitrogens with one attached hydrogen (secondary N) is 1. The monoisotopic (exact) mass is 412 g/mol. The molecule has 0 bridgehead atoms. The lowest BCUT2D eigenvalue weighted by Gasteiger charge is -2.30. The number of allylic oxidation sites excluding steroid dienone is 1. The Bertz CT molecular complexity index is 1110. The lowest BCUT2D eigenvalue weighted by molar-refractivity contribution is 0.0638. The van der Waals surface area contributed by atoms with Crippen molar-refractivity contribution in [3.8, 4) is 16.9 Å². The van der Waals surface area contributed by atoms with E-state index in [-0.39, 0.29) is 6.61 Å². The van der Waals surface area contributed by atoms with Crippen molar-refractivity contribution < 1.29 is 9.84 Å². The fraction of sp³-hybridized carbons (Fsp3) is 0.259. The second kappa shape index (κ2) is 8.58. The maximum Gasteiger partial charge on any atom is 0.120 e. The van der Waals surface area contributed by atoms with Crippen LogP contribution in [0.4, 0.5) is 5.69 Å². The van der Waals surface area contributed by atoms with E-state index < -0.39 is 6.10 Å². The molecule has 2 N–H and O–H groups in total. The average Bonchev–Trinajstić information content (AvgIpc) is 3.17. The summed E-state index contributed by atoms with van der Waals surface area (Å²) in [5.41, 5.74) is 8.51. The lowest BCUT2D eigenvalue weighted by atomic mass is 10.00. The Morgan fingerprint density at radius 1 is 0.968 bits per heavy atom. The van der Waals surface area contributed by atoms with E-state index in [1.165, 1.54) is 16.7 Å². The van der Waals surface area contributed by atoms with Crippen molar-refractivity contribution in [1.82, 2.24) is 4.90 Å². The molecule has 1 atom stereocenters. The van der Waals surface area contributed by atoms with Gasteiger partial charge in [0.2, 0.25) is 0 Å². The fourth-order valence-corrected chi connectivity index (χ4v) is 4.52. The number of β-amino-alcohol motifs (C(OH)–C–C–N with tert-alkyl or cyclic N) is 1. The van der Waals surface area contributed by atoms with Gasteiger partial charge in [0.25, 0.3) is 0 Å². The zero-order chi connectivity index (χ0) is 21.2. The number of rotatable bonds is 6. The highest BCUT2D eigenvalue weighted by Gasteiger charge is 2.19. The normalized spacial score (nSPS) is 16.4. The molecular formula is C27H28N2O2. The van der Waals surface area contributed by atoms with E-state index in [1.807, 2.05) is 18.2 Å². The van der Waals surface area contributed by atoms with Crippen LogP contribution < -0.4 is 10.1 Å². The van der Waals surface area contributed by atoms with Crippen molar-refractivity contribution in [3.63, 3.8) is 0 Å². The number of aliphatic hydroxyl groups is 1. The minimum Gasteiger partial charge on any atom is -0.491 e. The van der Waals surface area contributed by atoms with Gasteiger partial charge in [-0.05, 0) is 58.5 Å². The third-order valence-corrected chi connectivity index (χ3v) is 6.11. The second-order valence-electron chi connectivity index (χ2n) is 8.52. The van der Waals surface area contributed by atoms with Crippen LogP contribution in [-0.2, 0) is 19.4 Å². The molecule has 0 fully saturated rings. The van der Waals surface area contributed by atoms with Gasteiger partial charge >= 0.3 is 0 Å². The molecule has 2 aliphatic rings. The Hall–Kier alpha value is -3.08. The highest BCUT2D eigenvalue weighted by atomic mass is 16.5.